The van der Waals surface area contributed by atoms with Gasteiger partial charge in [0, 0.05) is 28.9 Å². The number of carboxylic acid groups (broad SMARTS) is 1. The van der Waals surface area contributed by atoms with Gasteiger partial charge in [-0.2, -0.15) is 0 Å². The van der Waals surface area contributed by atoms with Gasteiger partial charge in [-0.15, -0.1) is 13.1 Å². The molecule has 6 heteroatoms. The summed E-state index contributed by atoms with van der Waals surface area (Å²) in [5, 5.41) is 12.1. The maximum Gasteiger partial charge on any atom is 0.134 e. The largest absolute Gasteiger partial charge is 0.674 e. The van der Waals surface area contributed by atoms with Gasteiger partial charge in [0.15, 0.2) is 0 Å². The standard InChI is InChI=1S/C8H9NO2.2C7H8N.Ag/c10-8(11)9-6-7-4-2-1-3-5-7;2*8-6-7-4-2-1-3-5-7;/h1-5,9H,6H2,(H,10,11);2*1-5,8H,6H2;/q;2*-1;/p-1. The number of carbonyl (C=O) groups excluding carboxylic acids is 1. The minimum absolute atomic E-state index is 0. The van der Waals surface area contributed by atoms with E-state index in [0.29, 0.717) is 19.6 Å². The molecule has 3 aromatic rings. The Morgan fingerprint density at radius 1 is 0.679 bits per heavy atom. The predicted octanol–water partition coefficient (Wildman–Crippen LogP) is 4.59. The fraction of sp³-hybridized carbons (Fsp3) is 0.136. The van der Waals surface area contributed by atoms with Gasteiger partial charge in [0.2, 0.25) is 0 Å². The molecule has 3 aromatic carbocycles. The Morgan fingerprint density at radius 3 is 1.25 bits per heavy atom. The number of benzene rings is 3. The minimum Gasteiger partial charge on any atom is -0.674 e. The smallest absolute Gasteiger partial charge is 0.134 e. The molecule has 0 fully saturated rings. The van der Waals surface area contributed by atoms with Crippen LogP contribution in [0.25, 0.3) is 11.5 Å². The van der Waals surface area contributed by atoms with E-state index in [-0.39, 0.29) is 22.4 Å². The van der Waals surface area contributed by atoms with E-state index >= 15 is 0 Å². The molecule has 5 nitrogen and oxygen atoms in total. The van der Waals surface area contributed by atoms with Crippen LogP contribution < -0.4 is 10.4 Å². The maximum absolute atomic E-state index is 9.95. The first kappa shape index (κ1) is 25.6. The van der Waals surface area contributed by atoms with Crippen molar-refractivity contribution in [2.75, 3.05) is 0 Å². The average Bonchev–Trinajstić information content (AvgIpc) is 2.75. The zero-order valence-corrected chi connectivity index (χ0v) is 16.9. The molecule has 0 aliphatic heterocycles. The van der Waals surface area contributed by atoms with E-state index in [0.717, 1.165) is 16.7 Å². The Bertz CT molecular complexity index is 702. The van der Waals surface area contributed by atoms with Gasteiger partial charge in [-0.1, -0.05) is 102 Å². The first-order valence-electron chi connectivity index (χ1n) is 8.51. The second-order valence-electron chi connectivity index (χ2n) is 5.45. The van der Waals surface area contributed by atoms with Gasteiger partial charge in [0.05, 0.1) is 0 Å². The molecule has 0 heterocycles. The normalized spacial score (nSPS) is 8.79. The summed E-state index contributed by atoms with van der Waals surface area (Å²) < 4.78 is 0. The van der Waals surface area contributed by atoms with Crippen LogP contribution in [0.15, 0.2) is 91.0 Å². The van der Waals surface area contributed by atoms with E-state index < -0.39 is 6.09 Å². The number of hydrogen-bond acceptors (Lipinski definition) is 2. The van der Waals surface area contributed by atoms with Crippen LogP contribution in [0.5, 0.6) is 0 Å². The van der Waals surface area contributed by atoms with Crippen LogP contribution in [0, 0.1) is 0 Å². The number of rotatable bonds is 4. The monoisotopic (exact) mass is 469 g/mol. The minimum atomic E-state index is -1.24. The molecule has 0 atom stereocenters. The second-order valence-corrected chi connectivity index (χ2v) is 5.45. The second kappa shape index (κ2) is 16.7. The van der Waals surface area contributed by atoms with Gasteiger partial charge in [0.1, 0.15) is 6.09 Å². The molecule has 153 valence electrons. The van der Waals surface area contributed by atoms with E-state index in [1.807, 2.05) is 91.0 Å². The van der Waals surface area contributed by atoms with E-state index in [4.69, 9.17) is 11.5 Å². The van der Waals surface area contributed by atoms with E-state index in [9.17, 15) is 9.90 Å². The number of nitrogens with one attached hydrogen (secondary N) is 3. The summed E-state index contributed by atoms with van der Waals surface area (Å²) in [6.07, 6.45) is -1.24. The van der Waals surface area contributed by atoms with E-state index in [1.165, 1.54) is 0 Å². The molecule has 1 radical (unpaired) electrons. The molecule has 3 rings (SSSR count). The van der Waals surface area contributed by atoms with E-state index in [2.05, 4.69) is 5.32 Å². The summed E-state index contributed by atoms with van der Waals surface area (Å²) >= 11 is 0. The Labute approximate surface area is 182 Å². The topological polar surface area (TPSA) is 99.8 Å². The average molecular weight is 470 g/mol. The quantitative estimate of drug-likeness (QED) is 0.564. The third-order valence-corrected chi connectivity index (χ3v) is 3.37. The molecule has 3 N–H and O–H groups in total. The van der Waals surface area contributed by atoms with Crippen LogP contribution in [0.1, 0.15) is 16.7 Å². The van der Waals surface area contributed by atoms with Gasteiger partial charge < -0.3 is 26.7 Å². The molecule has 28 heavy (non-hydrogen) atoms. The zero-order chi connectivity index (χ0) is 19.7. The third-order valence-electron chi connectivity index (χ3n) is 3.37. The van der Waals surface area contributed by atoms with Gasteiger partial charge in [-0.05, 0) is 5.56 Å². The SMILES string of the molecule is O=C([O-])NCc1ccccc1.[Ag].[NH-]Cc1ccccc1.[NH-]Cc1ccccc1. The third kappa shape index (κ3) is 12.9. The molecule has 1 amide bonds. The van der Waals surface area contributed by atoms with Gasteiger partial charge in [0.25, 0.3) is 0 Å². The fourth-order valence-electron chi connectivity index (χ4n) is 1.96. The van der Waals surface area contributed by atoms with Crippen LogP contribution in [0.4, 0.5) is 4.79 Å². The molecule has 0 unspecified atom stereocenters. The van der Waals surface area contributed by atoms with Gasteiger partial charge in [-0.3, -0.25) is 0 Å². The molecule has 0 saturated carbocycles. The maximum atomic E-state index is 9.95. The van der Waals surface area contributed by atoms with Crippen LogP contribution >= 0.6 is 0 Å². The number of amides is 1. The molecule has 0 bridgehead atoms. The van der Waals surface area contributed by atoms with Crippen molar-refractivity contribution in [1.29, 1.82) is 0 Å². The van der Waals surface area contributed by atoms with Crippen LogP contribution in [-0.4, -0.2) is 6.09 Å². The van der Waals surface area contributed by atoms with Crippen LogP contribution in [-0.2, 0) is 42.0 Å². The summed E-state index contributed by atoms with van der Waals surface area (Å²) in [5.41, 5.74) is 17.0. The molecule has 0 aliphatic rings. The molecular weight excluding hydrogens is 446 g/mol. The van der Waals surface area contributed by atoms with Crippen LogP contribution in [0.2, 0.25) is 0 Å². The Morgan fingerprint density at radius 2 is 1.00 bits per heavy atom. The summed E-state index contributed by atoms with van der Waals surface area (Å²) in [6, 6.07) is 28.8. The van der Waals surface area contributed by atoms with Crippen molar-refractivity contribution in [3.63, 3.8) is 0 Å². The van der Waals surface area contributed by atoms with E-state index in [1.54, 1.807) is 0 Å². The van der Waals surface area contributed by atoms with Crippen molar-refractivity contribution >= 4 is 6.09 Å². The Hall–Kier alpha value is -2.41. The van der Waals surface area contributed by atoms with Crippen molar-refractivity contribution < 1.29 is 32.3 Å². The molecule has 0 saturated heterocycles. The van der Waals surface area contributed by atoms with Crippen molar-refractivity contribution in [2.24, 2.45) is 0 Å². The summed E-state index contributed by atoms with van der Waals surface area (Å²) in [7, 11) is 0. The number of carbonyl (C=O) groups is 1. The number of hydrogen-bond donors (Lipinski definition) is 1. The summed E-state index contributed by atoms with van der Waals surface area (Å²) in [5.74, 6) is 0. The van der Waals surface area contributed by atoms with Gasteiger partial charge in [-0.25, -0.2) is 0 Å². The molecular formula is C22H24AgN3O2-3. The zero-order valence-electron chi connectivity index (χ0n) is 15.4. The van der Waals surface area contributed by atoms with Crippen molar-refractivity contribution in [2.45, 2.75) is 19.6 Å². The first-order chi connectivity index (χ1) is 13.2. The van der Waals surface area contributed by atoms with Crippen molar-refractivity contribution in [3.8, 4) is 0 Å². The summed E-state index contributed by atoms with van der Waals surface area (Å²) in [4.78, 5) is 9.95. The van der Waals surface area contributed by atoms with Crippen LogP contribution in [0.3, 0.4) is 0 Å². The predicted molar refractivity (Wildman–Crippen MR) is 108 cm³/mol. The Balaban J connectivity index is 0.000000391. The molecule has 0 aromatic heterocycles. The van der Waals surface area contributed by atoms with Crippen molar-refractivity contribution in [3.05, 3.63) is 119 Å². The first-order valence-corrected chi connectivity index (χ1v) is 8.51. The van der Waals surface area contributed by atoms with Crippen molar-refractivity contribution in [1.82, 2.24) is 5.32 Å². The Kier molecular flexibility index (Phi) is 15.3. The fourth-order valence-corrected chi connectivity index (χ4v) is 1.96. The van der Waals surface area contributed by atoms with Gasteiger partial charge >= 0.3 is 0 Å². The summed E-state index contributed by atoms with van der Waals surface area (Å²) in [6.45, 7) is 1.09. The molecule has 0 spiro atoms. The molecule has 0 aliphatic carbocycles.